The first kappa shape index (κ1) is 11.5. The fourth-order valence-corrected chi connectivity index (χ4v) is 1.19. The first-order chi connectivity index (χ1) is 7.15. The van der Waals surface area contributed by atoms with E-state index in [0.29, 0.717) is 12.0 Å². The molecule has 78 valence electrons. The summed E-state index contributed by atoms with van der Waals surface area (Å²) in [4.78, 5) is 11.2. The van der Waals surface area contributed by atoms with Crippen molar-refractivity contribution in [1.82, 2.24) is 0 Å². The van der Waals surface area contributed by atoms with E-state index in [0.717, 1.165) is 11.1 Å². The molecule has 0 amide bonds. The molecule has 1 aromatic rings. The van der Waals surface area contributed by atoms with Crippen LogP contribution in [0.5, 0.6) is 0 Å². The summed E-state index contributed by atoms with van der Waals surface area (Å²) in [5.74, 6) is 5.84. The molecule has 2 heteroatoms. The summed E-state index contributed by atoms with van der Waals surface area (Å²) < 4.78 is 0. The molecule has 0 saturated carbocycles. The molecule has 0 radical (unpaired) electrons. The largest absolute Gasteiger partial charge is 0.395 e. The maximum Gasteiger partial charge on any atom is 0.159 e. The maximum atomic E-state index is 11.2. The van der Waals surface area contributed by atoms with Crippen LogP contribution in [0.4, 0.5) is 0 Å². The molecule has 0 aliphatic carbocycles. The Morgan fingerprint density at radius 2 is 2.20 bits per heavy atom. The number of aryl methyl sites for hydroxylation is 1. The Hall–Kier alpha value is -1.59. The second-order valence-electron chi connectivity index (χ2n) is 3.36. The predicted octanol–water partition coefficient (Wildman–Crippen LogP) is 1.93. The van der Waals surface area contributed by atoms with E-state index < -0.39 is 0 Å². The molecule has 0 unspecified atom stereocenters. The van der Waals surface area contributed by atoms with Crippen molar-refractivity contribution in [2.24, 2.45) is 0 Å². The summed E-state index contributed by atoms with van der Waals surface area (Å²) in [7, 11) is 0. The van der Waals surface area contributed by atoms with Gasteiger partial charge in [-0.15, -0.1) is 0 Å². The van der Waals surface area contributed by atoms with Gasteiger partial charge in [-0.2, -0.15) is 0 Å². The number of benzene rings is 1. The average Bonchev–Trinajstić information content (AvgIpc) is 2.20. The van der Waals surface area contributed by atoms with E-state index in [-0.39, 0.29) is 12.4 Å². The maximum absolute atomic E-state index is 11.2. The number of hydrogen-bond donors (Lipinski definition) is 1. The molecule has 0 aliphatic rings. The minimum absolute atomic E-state index is 0.0419. The number of carbonyl (C=O) groups is 1. The van der Waals surface area contributed by atoms with Gasteiger partial charge < -0.3 is 5.11 Å². The second kappa shape index (κ2) is 5.33. The highest BCUT2D eigenvalue weighted by Gasteiger charge is 2.01. The van der Waals surface area contributed by atoms with Crippen LogP contribution in [0.25, 0.3) is 0 Å². The first-order valence-electron chi connectivity index (χ1n) is 4.86. The molecule has 0 aliphatic heterocycles. The van der Waals surface area contributed by atoms with Gasteiger partial charge in [0, 0.05) is 17.5 Å². The van der Waals surface area contributed by atoms with Gasteiger partial charge in [0.2, 0.25) is 0 Å². The highest BCUT2D eigenvalue weighted by atomic mass is 16.2. The Balaban J connectivity index is 3.02. The van der Waals surface area contributed by atoms with Gasteiger partial charge >= 0.3 is 0 Å². The van der Waals surface area contributed by atoms with E-state index >= 15 is 0 Å². The number of rotatable bonds is 2. The van der Waals surface area contributed by atoms with Crippen LogP contribution in [0.1, 0.15) is 34.8 Å². The highest BCUT2D eigenvalue weighted by Crippen LogP contribution is 2.10. The topological polar surface area (TPSA) is 37.3 Å². The fraction of sp³-hybridized carbons (Fsp3) is 0.308. The van der Waals surface area contributed by atoms with Crippen LogP contribution in [0, 0.1) is 18.8 Å². The summed E-state index contributed by atoms with van der Waals surface area (Å²) in [5, 5.41) is 8.60. The van der Waals surface area contributed by atoms with Gasteiger partial charge in [-0.1, -0.05) is 24.0 Å². The molecular formula is C13H14O2. The minimum Gasteiger partial charge on any atom is -0.395 e. The Labute approximate surface area is 89.9 Å². The zero-order valence-electron chi connectivity index (χ0n) is 9.00. The molecule has 1 rings (SSSR count). The predicted molar refractivity (Wildman–Crippen MR) is 59.8 cm³/mol. The van der Waals surface area contributed by atoms with Crippen LogP contribution >= 0.6 is 0 Å². The summed E-state index contributed by atoms with van der Waals surface area (Å²) >= 11 is 0. The lowest BCUT2D eigenvalue weighted by Crippen LogP contribution is -1.94. The lowest BCUT2D eigenvalue weighted by molar-refractivity contribution is 0.101. The molecule has 1 N–H and O–H groups in total. The van der Waals surface area contributed by atoms with Crippen LogP contribution in [-0.4, -0.2) is 17.5 Å². The fourth-order valence-electron chi connectivity index (χ4n) is 1.19. The SMILES string of the molecule is CC(=O)c1ccc(C)c(C#CCCO)c1. The number of ketones is 1. The van der Waals surface area contributed by atoms with Crippen LogP contribution in [0.2, 0.25) is 0 Å². The third kappa shape index (κ3) is 3.23. The number of aliphatic hydroxyl groups excluding tert-OH is 1. The monoisotopic (exact) mass is 202 g/mol. The number of hydrogen-bond acceptors (Lipinski definition) is 2. The van der Waals surface area contributed by atoms with Crippen molar-refractivity contribution >= 4 is 5.78 Å². The minimum atomic E-state index is 0.0419. The smallest absolute Gasteiger partial charge is 0.159 e. The van der Waals surface area contributed by atoms with Crippen LogP contribution in [0.3, 0.4) is 0 Å². The third-order valence-electron chi connectivity index (χ3n) is 2.10. The average molecular weight is 202 g/mol. The number of carbonyl (C=O) groups excluding carboxylic acids is 1. The molecule has 0 heterocycles. The van der Waals surface area contributed by atoms with Crippen LogP contribution in [0.15, 0.2) is 18.2 Å². The van der Waals surface area contributed by atoms with Gasteiger partial charge in [-0.05, 0) is 25.5 Å². The molecule has 15 heavy (non-hydrogen) atoms. The first-order valence-corrected chi connectivity index (χ1v) is 4.86. The normalized spacial score (nSPS) is 9.27. The summed E-state index contributed by atoms with van der Waals surface area (Å²) in [6, 6.07) is 5.48. The van der Waals surface area contributed by atoms with Crippen LogP contribution in [-0.2, 0) is 0 Å². The van der Waals surface area contributed by atoms with Crippen molar-refractivity contribution in [3.63, 3.8) is 0 Å². The molecule has 0 bridgehead atoms. The lowest BCUT2D eigenvalue weighted by atomic mass is 10.0. The van der Waals surface area contributed by atoms with Gasteiger partial charge in [-0.3, -0.25) is 4.79 Å². The van der Waals surface area contributed by atoms with Gasteiger partial charge in [0.25, 0.3) is 0 Å². The standard InChI is InChI=1S/C13H14O2/c1-10-6-7-13(11(2)15)9-12(10)5-3-4-8-14/h6-7,9,14H,4,8H2,1-2H3. The molecular weight excluding hydrogens is 188 g/mol. The second-order valence-corrected chi connectivity index (χ2v) is 3.36. The van der Waals surface area contributed by atoms with Gasteiger partial charge in [-0.25, -0.2) is 0 Å². The number of Topliss-reactive ketones (excluding diaryl/α,β-unsaturated/α-hetero) is 1. The van der Waals surface area contributed by atoms with E-state index in [1.807, 2.05) is 13.0 Å². The van der Waals surface area contributed by atoms with E-state index in [2.05, 4.69) is 11.8 Å². The van der Waals surface area contributed by atoms with Crippen molar-refractivity contribution in [3.05, 3.63) is 34.9 Å². The van der Waals surface area contributed by atoms with Crippen molar-refractivity contribution in [3.8, 4) is 11.8 Å². The summed E-state index contributed by atoms with van der Waals surface area (Å²) in [6.07, 6.45) is 0.462. The Kier molecular flexibility index (Phi) is 4.08. The molecule has 2 nitrogen and oxygen atoms in total. The van der Waals surface area contributed by atoms with Crippen molar-refractivity contribution < 1.29 is 9.90 Å². The Morgan fingerprint density at radius 3 is 2.80 bits per heavy atom. The van der Waals surface area contributed by atoms with Crippen molar-refractivity contribution in [2.45, 2.75) is 20.3 Å². The van der Waals surface area contributed by atoms with Crippen molar-refractivity contribution in [1.29, 1.82) is 0 Å². The number of aliphatic hydroxyl groups is 1. The summed E-state index contributed by atoms with van der Waals surface area (Å²) in [6.45, 7) is 3.56. The zero-order chi connectivity index (χ0) is 11.3. The zero-order valence-corrected chi connectivity index (χ0v) is 9.00. The molecule has 1 aromatic carbocycles. The summed E-state index contributed by atoms with van der Waals surface area (Å²) in [5.41, 5.74) is 2.58. The highest BCUT2D eigenvalue weighted by molar-refractivity contribution is 5.94. The van der Waals surface area contributed by atoms with Crippen LogP contribution < -0.4 is 0 Å². The lowest BCUT2D eigenvalue weighted by Gasteiger charge is -2.00. The quantitative estimate of drug-likeness (QED) is 0.587. The van der Waals surface area contributed by atoms with E-state index in [4.69, 9.17) is 5.11 Å². The van der Waals surface area contributed by atoms with E-state index in [9.17, 15) is 4.79 Å². The molecule has 0 fully saturated rings. The molecule has 0 spiro atoms. The van der Waals surface area contributed by atoms with E-state index in [1.165, 1.54) is 6.92 Å². The Bertz CT molecular complexity index is 422. The van der Waals surface area contributed by atoms with E-state index in [1.54, 1.807) is 12.1 Å². The Morgan fingerprint density at radius 1 is 1.47 bits per heavy atom. The van der Waals surface area contributed by atoms with Crippen molar-refractivity contribution in [2.75, 3.05) is 6.61 Å². The molecule has 0 aromatic heterocycles. The van der Waals surface area contributed by atoms with Gasteiger partial charge in [0.05, 0.1) is 6.61 Å². The van der Waals surface area contributed by atoms with Gasteiger partial charge in [0.15, 0.2) is 5.78 Å². The third-order valence-corrected chi connectivity index (χ3v) is 2.10. The molecule has 0 atom stereocenters. The molecule has 0 saturated heterocycles. The van der Waals surface area contributed by atoms with Gasteiger partial charge in [0.1, 0.15) is 0 Å².